The highest BCUT2D eigenvalue weighted by atomic mass is 19.1. The second-order valence-electron chi connectivity index (χ2n) is 7.66. The molecule has 0 spiro atoms. The van der Waals surface area contributed by atoms with Crippen LogP contribution in [0.2, 0.25) is 0 Å². The number of hydrogen-bond acceptors (Lipinski definition) is 5. The lowest BCUT2D eigenvalue weighted by Gasteiger charge is -2.37. The number of hydrogen-bond donors (Lipinski definition) is 2. The summed E-state index contributed by atoms with van der Waals surface area (Å²) < 4.78 is 14.5. The van der Waals surface area contributed by atoms with Crippen molar-refractivity contribution in [1.29, 1.82) is 0 Å². The standard InChI is InChI=1S/C22H23FN4O3/c1-13-8-9-15-17(11-13)24-20(19-16(23)6-3-7-18(19)28)25-21(15)27-10-4-5-14(12-27)26(2)22(29)30/h3,6-9,11,14,28H,4-5,10,12H2,1-2H3,(H,29,30)/t14-/m0/s1. The van der Waals surface area contributed by atoms with E-state index in [1.165, 1.54) is 23.1 Å². The summed E-state index contributed by atoms with van der Waals surface area (Å²) in [5.74, 6) is -0.112. The van der Waals surface area contributed by atoms with Gasteiger partial charge in [-0.1, -0.05) is 12.1 Å². The Morgan fingerprint density at radius 2 is 2.07 bits per heavy atom. The van der Waals surface area contributed by atoms with Crippen molar-refractivity contribution in [2.45, 2.75) is 25.8 Å². The molecule has 1 aromatic heterocycles. The first-order valence-corrected chi connectivity index (χ1v) is 9.82. The molecule has 0 radical (unpaired) electrons. The van der Waals surface area contributed by atoms with Crippen molar-refractivity contribution in [2.75, 3.05) is 25.0 Å². The van der Waals surface area contributed by atoms with E-state index >= 15 is 0 Å². The van der Waals surface area contributed by atoms with E-state index in [2.05, 4.69) is 9.97 Å². The van der Waals surface area contributed by atoms with Crippen molar-refractivity contribution < 1.29 is 19.4 Å². The molecule has 7 nitrogen and oxygen atoms in total. The number of aromatic hydroxyl groups is 1. The van der Waals surface area contributed by atoms with Crippen molar-refractivity contribution in [3.05, 3.63) is 47.8 Å². The van der Waals surface area contributed by atoms with Crippen LogP contribution in [0.25, 0.3) is 22.3 Å². The number of likely N-dealkylation sites (N-methyl/N-ethyl adjacent to an activating group) is 1. The lowest BCUT2D eigenvalue weighted by Crippen LogP contribution is -2.48. The Bertz CT molecular complexity index is 1100. The van der Waals surface area contributed by atoms with Gasteiger partial charge in [-0.05, 0) is 49.6 Å². The molecule has 156 valence electrons. The number of nitrogens with zero attached hydrogens (tertiary/aromatic N) is 4. The van der Waals surface area contributed by atoms with Gasteiger partial charge in [0.15, 0.2) is 5.82 Å². The molecule has 8 heteroatoms. The van der Waals surface area contributed by atoms with Crippen LogP contribution in [0, 0.1) is 12.7 Å². The number of piperidine rings is 1. The molecule has 1 atom stereocenters. The molecule has 3 aromatic rings. The van der Waals surface area contributed by atoms with Crippen molar-refractivity contribution in [3.8, 4) is 17.1 Å². The summed E-state index contributed by atoms with van der Waals surface area (Å²) in [7, 11) is 1.57. The van der Waals surface area contributed by atoms with Crippen LogP contribution < -0.4 is 4.90 Å². The van der Waals surface area contributed by atoms with Crippen molar-refractivity contribution >= 4 is 22.8 Å². The van der Waals surface area contributed by atoms with Gasteiger partial charge in [-0.3, -0.25) is 0 Å². The number of phenolic OH excluding ortho intramolecular Hbond substituents is 1. The van der Waals surface area contributed by atoms with E-state index in [1.54, 1.807) is 7.05 Å². The summed E-state index contributed by atoms with van der Waals surface area (Å²) in [6.45, 7) is 3.12. The molecule has 0 unspecified atom stereocenters. The Morgan fingerprint density at radius 1 is 1.27 bits per heavy atom. The predicted octanol–water partition coefficient (Wildman–Crippen LogP) is 4.03. The van der Waals surface area contributed by atoms with Crippen LogP contribution >= 0.6 is 0 Å². The number of aryl methyl sites for hydroxylation is 1. The molecule has 2 heterocycles. The van der Waals surface area contributed by atoms with Gasteiger partial charge in [-0.15, -0.1) is 0 Å². The molecule has 0 aliphatic carbocycles. The Kier molecular flexibility index (Phi) is 5.15. The molecule has 1 aliphatic heterocycles. The van der Waals surface area contributed by atoms with Gasteiger partial charge >= 0.3 is 6.09 Å². The molecule has 1 amide bonds. The number of carbonyl (C=O) groups is 1. The van der Waals surface area contributed by atoms with E-state index in [0.29, 0.717) is 24.4 Å². The maximum atomic E-state index is 14.5. The highest BCUT2D eigenvalue weighted by molar-refractivity contribution is 5.92. The minimum Gasteiger partial charge on any atom is -0.507 e. The van der Waals surface area contributed by atoms with Crippen LogP contribution in [-0.4, -0.2) is 57.4 Å². The van der Waals surface area contributed by atoms with Gasteiger partial charge in [0.05, 0.1) is 17.1 Å². The second-order valence-corrected chi connectivity index (χ2v) is 7.66. The number of aromatic nitrogens is 2. The summed E-state index contributed by atoms with van der Waals surface area (Å²) in [5.41, 5.74) is 1.60. The highest BCUT2D eigenvalue weighted by Crippen LogP contribution is 2.34. The number of phenols is 1. The van der Waals surface area contributed by atoms with Gasteiger partial charge in [0.2, 0.25) is 0 Å². The molecule has 1 aliphatic rings. The lowest BCUT2D eigenvalue weighted by molar-refractivity contribution is 0.133. The highest BCUT2D eigenvalue weighted by Gasteiger charge is 2.28. The zero-order valence-corrected chi connectivity index (χ0v) is 16.8. The Morgan fingerprint density at radius 3 is 2.80 bits per heavy atom. The van der Waals surface area contributed by atoms with E-state index in [4.69, 9.17) is 0 Å². The van der Waals surface area contributed by atoms with Gasteiger partial charge in [-0.2, -0.15) is 0 Å². The van der Waals surface area contributed by atoms with Gasteiger partial charge in [0.1, 0.15) is 17.4 Å². The van der Waals surface area contributed by atoms with E-state index in [0.717, 1.165) is 23.8 Å². The van der Waals surface area contributed by atoms with Crippen LogP contribution in [0.4, 0.5) is 15.0 Å². The number of rotatable bonds is 3. The number of amides is 1. The second kappa shape index (κ2) is 7.78. The zero-order valence-electron chi connectivity index (χ0n) is 16.8. The number of anilines is 1. The Hall–Kier alpha value is -3.42. The summed E-state index contributed by atoms with van der Waals surface area (Å²) in [4.78, 5) is 23.9. The van der Waals surface area contributed by atoms with Crippen LogP contribution in [0.5, 0.6) is 5.75 Å². The van der Waals surface area contributed by atoms with E-state index in [9.17, 15) is 19.4 Å². The molecule has 0 saturated carbocycles. The number of carboxylic acid groups (broad SMARTS) is 1. The molecule has 30 heavy (non-hydrogen) atoms. The molecule has 4 rings (SSSR count). The molecule has 1 fully saturated rings. The summed E-state index contributed by atoms with van der Waals surface area (Å²) in [6, 6.07) is 9.70. The topological polar surface area (TPSA) is 89.8 Å². The first-order valence-electron chi connectivity index (χ1n) is 9.82. The van der Waals surface area contributed by atoms with Crippen molar-refractivity contribution in [3.63, 3.8) is 0 Å². The molecule has 1 saturated heterocycles. The number of halogens is 1. The fourth-order valence-corrected chi connectivity index (χ4v) is 3.93. The zero-order chi connectivity index (χ0) is 21.4. The molecule has 0 bridgehead atoms. The predicted molar refractivity (Wildman–Crippen MR) is 112 cm³/mol. The van der Waals surface area contributed by atoms with Gasteiger partial charge in [0.25, 0.3) is 0 Å². The Balaban J connectivity index is 1.85. The third kappa shape index (κ3) is 3.60. The van der Waals surface area contributed by atoms with E-state index in [-0.39, 0.29) is 23.2 Å². The average molecular weight is 410 g/mol. The third-order valence-corrected chi connectivity index (χ3v) is 5.59. The molecular formula is C22H23FN4O3. The SMILES string of the molecule is Cc1ccc2c(N3CCC[C@H](N(C)C(=O)O)C3)nc(-c3c(O)cccc3F)nc2c1. The van der Waals surface area contributed by atoms with E-state index in [1.807, 2.05) is 30.0 Å². The summed E-state index contributed by atoms with van der Waals surface area (Å²) in [6.07, 6.45) is 0.601. The van der Waals surface area contributed by atoms with Crippen LogP contribution in [0.15, 0.2) is 36.4 Å². The molecule has 2 N–H and O–H groups in total. The van der Waals surface area contributed by atoms with Crippen molar-refractivity contribution in [1.82, 2.24) is 14.9 Å². The van der Waals surface area contributed by atoms with Crippen LogP contribution in [0.3, 0.4) is 0 Å². The first kappa shape index (κ1) is 19.9. The summed E-state index contributed by atoms with van der Waals surface area (Å²) in [5, 5.41) is 20.4. The molecular weight excluding hydrogens is 387 g/mol. The summed E-state index contributed by atoms with van der Waals surface area (Å²) >= 11 is 0. The van der Waals surface area contributed by atoms with Crippen LogP contribution in [-0.2, 0) is 0 Å². The van der Waals surface area contributed by atoms with Crippen molar-refractivity contribution in [2.24, 2.45) is 0 Å². The average Bonchev–Trinajstić information content (AvgIpc) is 2.72. The minimum atomic E-state index is -0.970. The number of fused-ring (bicyclic) bond motifs is 1. The lowest BCUT2D eigenvalue weighted by atomic mass is 10.0. The van der Waals surface area contributed by atoms with E-state index < -0.39 is 11.9 Å². The molecule has 2 aromatic carbocycles. The van der Waals surface area contributed by atoms with Gasteiger partial charge in [0, 0.05) is 25.5 Å². The number of benzene rings is 2. The van der Waals surface area contributed by atoms with Gasteiger partial charge in [-0.25, -0.2) is 19.2 Å². The fourth-order valence-electron chi connectivity index (χ4n) is 3.93. The largest absolute Gasteiger partial charge is 0.507 e. The minimum absolute atomic E-state index is 0.0432. The maximum Gasteiger partial charge on any atom is 0.407 e. The Labute approximate surface area is 173 Å². The smallest absolute Gasteiger partial charge is 0.407 e. The first-order chi connectivity index (χ1) is 14.3. The third-order valence-electron chi connectivity index (χ3n) is 5.59. The fraction of sp³-hybridized carbons (Fsp3) is 0.318. The quantitative estimate of drug-likeness (QED) is 0.678. The van der Waals surface area contributed by atoms with Crippen LogP contribution in [0.1, 0.15) is 18.4 Å². The maximum absolute atomic E-state index is 14.5. The normalized spacial score (nSPS) is 16.6. The monoisotopic (exact) mass is 410 g/mol. The van der Waals surface area contributed by atoms with Gasteiger partial charge < -0.3 is 20.0 Å².